The maximum absolute atomic E-state index is 10.9. The number of rotatable bonds is 1. The van der Waals surface area contributed by atoms with Gasteiger partial charge in [-0.15, -0.1) is 0 Å². The second-order valence-corrected chi connectivity index (χ2v) is 3.62. The molecule has 0 aliphatic heterocycles. The first-order valence-electron chi connectivity index (χ1n) is 2.59. The Morgan fingerprint density at radius 1 is 1.80 bits per heavy atom. The zero-order chi connectivity index (χ0) is 7.56. The van der Waals surface area contributed by atoms with E-state index in [1.807, 2.05) is 4.93 Å². The van der Waals surface area contributed by atoms with Gasteiger partial charge in [0.25, 0.3) is 0 Å². The van der Waals surface area contributed by atoms with Gasteiger partial charge in [0, 0.05) is 0 Å². The topological polar surface area (TPSA) is 60.9 Å². The van der Waals surface area contributed by atoms with Crippen LogP contribution in [-0.2, 0) is 0 Å². The molecule has 0 atom stereocenters. The van der Waals surface area contributed by atoms with Crippen molar-refractivity contribution in [2.24, 2.45) is 0 Å². The first kappa shape index (κ1) is 7.52. The Balaban J connectivity index is 3.20. The van der Waals surface area contributed by atoms with Crippen LogP contribution < -0.4 is 32.9 Å². The molecule has 56 valence electrons. The normalized spacial score (nSPS) is 10.1. The first-order chi connectivity index (χ1) is 4.74. The van der Waals surface area contributed by atoms with Crippen molar-refractivity contribution in [2.45, 2.75) is 0 Å². The summed E-state index contributed by atoms with van der Waals surface area (Å²) in [5.41, 5.74) is 5.03. The average molecular weight is 252 g/mol. The van der Waals surface area contributed by atoms with Crippen molar-refractivity contribution >= 4 is 5.82 Å². The molecule has 0 amide bonds. The number of hydrogen-bond donors (Lipinski definition) is 1. The van der Waals surface area contributed by atoms with Crippen molar-refractivity contribution < 1.29 is 21.5 Å². The molecule has 2 N–H and O–H groups in total. The second kappa shape index (κ2) is 3.00. The van der Waals surface area contributed by atoms with Crippen LogP contribution in [-0.4, -0.2) is 12.7 Å². The van der Waals surface area contributed by atoms with Crippen LogP contribution in [0.25, 0.3) is 0 Å². The van der Waals surface area contributed by atoms with Gasteiger partial charge in [0.15, 0.2) is 0 Å². The molecular weight excluding hydrogens is 245 g/mol. The summed E-state index contributed by atoms with van der Waals surface area (Å²) in [6, 6.07) is 1.63. The summed E-state index contributed by atoms with van der Waals surface area (Å²) in [5.74, 6) is 0.290. The van der Waals surface area contributed by atoms with Crippen molar-refractivity contribution in [3.8, 4) is 0 Å². The van der Waals surface area contributed by atoms with Crippen LogP contribution in [0.3, 0.4) is 0 Å². The van der Waals surface area contributed by atoms with E-state index in [0.717, 1.165) is 0 Å². The van der Waals surface area contributed by atoms with E-state index in [0.29, 0.717) is 5.82 Å². The molecule has 1 aromatic rings. The van der Waals surface area contributed by atoms with E-state index in [1.165, 1.54) is 0 Å². The van der Waals surface area contributed by atoms with Gasteiger partial charge in [-0.3, -0.25) is 0 Å². The second-order valence-electron chi connectivity index (χ2n) is 1.62. The quantitative estimate of drug-likeness (QED) is 0.413. The zero-order valence-electron chi connectivity index (χ0n) is 5.41. The first-order valence-corrected chi connectivity index (χ1v) is 5.71. The minimum absolute atomic E-state index is 0.239. The van der Waals surface area contributed by atoms with Crippen molar-refractivity contribution in [3.05, 3.63) is 22.7 Å². The number of nitrogen functional groups attached to an aromatic ring is 1. The molecule has 0 saturated carbocycles. The van der Waals surface area contributed by atoms with Crippen LogP contribution in [0.1, 0.15) is 0 Å². The Kier molecular flexibility index (Phi) is 2.25. The van der Waals surface area contributed by atoms with E-state index < -0.39 is 0 Å². The van der Waals surface area contributed by atoms with E-state index >= 15 is 0 Å². The molecule has 0 fully saturated rings. The summed E-state index contributed by atoms with van der Waals surface area (Å²) in [6.45, 7) is 0. The number of halogens is 1. The molecule has 0 bridgehead atoms. The molecule has 0 radical (unpaired) electrons. The SMILES string of the molecule is C[I-]n1ccc(N)nc1=O. The number of aromatic nitrogens is 2. The molecule has 1 heterocycles. The van der Waals surface area contributed by atoms with E-state index in [1.54, 1.807) is 15.0 Å². The Hall–Kier alpha value is -0.590. The van der Waals surface area contributed by atoms with E-state index in [2.05, 4.69) is 4.98 Å². The Morgan fingerprint density at radius 2 is 2.50 bits per heavy atom. The van der Waals surface area contributed by atoms with Gasteiger partial charge in [-0.05, 0) is 0 Å². The Morgan fingerprint density at radius 3 is 3.00 bits per heavy atom. The molecule has 0 saturated heterocycles. The summed E-state index contributed by atoms with van der Waals surface area (Å²) >= 11 is -0.239. The molecule has 4 nitrogen and oxygen atoms in total. The monoisotopic (exact) mass is 252 g/mol. The maximum atomic E-state index is 10.9. The van der Waals surface area contributed by atoms with Crippen LogP contribution in [0.15, 0.2) is 17.1 Å². The van der Waals surface area contributed by atoms with Gasteiger partial charge < -0.3 is 0 Å². The Labute approximate surface area is 68.7 Å². The van der Waals surface area contributed by atoms with Crippen LogP contribution in [0.2, 0.25) is 0 Å². The molecule has 1 rings (SSSR count). The third-order valence-electron chi connectivity index (χ3n) is 0.966. The van der Waals surface area contributed by atoms with E-state index in [4.69, 9.17) is 5.73 Å². The molecule has 0 aliphatic carbocycles. The molecule has 1 aromatic heterocycles. The van der Waals surface area contributed by atoms with E-state index in [-0.39, 0.29) is 27.2 Å². The van der Waals surface area contributed by atoms with Crippen molar-refractivity contribution in [1.29, 1.82) is 0 Å². The van der Waals surface area contributed by atoms with Crippen LogP contribution in [0.5, 0.6) is 0 Å². The van der Waals surface area contributed by atoms with Crippen LogP contribution in [0, 0.1) is 0 Å². The molecule has 0 aromatic carbocycles. The number of nitrogens with two attached hydrogens (primary N) is 1. The predicted octanol–water partition coefficient (Wildman–Crippen LogP) is -3.69. The summed E-state index contributed by atoms with van der Waals surface area (Å²) in [5, 5.41) is 0. The molecule has 0 aliphatic rings. The minimum atomic E-state index is -0.240. The fraction of sp³-hybridized carbons (Fsp3) is 0.200. The van der Waals surface area contributed by atoms with Crippen molar-refractivity contribution in [3.63, 3.8) is 0 Å². The number of hydrogen-bond acceptors (Lipinski definition) is 3. The van der Waals surface area contributed by atoms with E-state index in [9.17, 15) is 4.79 Å². The van der Waals surface area contributed by atoms with Crippen LogP contribution >= 0.6 is 0 Å². The van der Waals surface area contributed by atoms with Gasteiger partial charge in [0.1, 0.15) is 0 Å². The zero-order valence-corrected chi connectivity index (χ0v) is 7.57. The summed E-state index contributed by atoms with van der Waals surface area (Å²) < 4.78 is 1.59. The molecule has 0 spiro atoms. The molecule has 0 unspecified atom stereocenters. The number of nitrogens with zero attached hydrogens (tertiary/aromatic N) is 2. The van der Waals surface area contributed by atoms with Gasteiger partial charge in [-0.1, -0.05) is 0 Å². The third-order valence-corrected chi connectivity index (χ3v) is 2.74. The predicted molar refractivity (Wildman–Crippen MR) is 34.2 cm³/mol. The third kappa shape index (κ3) is 1.47. The Bertz CT molecular complexity index is 282. The summed E-state index contributed by atoms with van der Waals surface area (Å²) in [7, 11) is 0. The number of anilines is 1. The molecule has 5 heteroatoms. The summed E-state index contributed by atoms with van der Waals surface area (Å²) in [6.07, 6.45) is 1.68. The van der Waals surface area contributed by atoms with Gasteiger partial charge in [0.2, 0.25) is 0 Å². The van der Waals surface area contributed by atoms with Gasteiger partial charge in [0.05, 0.1) is 0 Å². The molecule has 10 heavy (non-hydrogen) atoms. The van der Waals surface area contributed by atoms with Crippen molar-refractivity contribution in [1.82, 2.24) is 7.76 Å². The standard InChI is InChI=1S/C5H7IN3O/c1-6-9-3-2-4(7)8-5(9)10/h2-3H,1H3,(H2,7,8,10)/q-1. The van der Waals surface area contributed by atoms with Crippen LogP contribution in [0.4, 0.5) is 5.82 Å². The van der Waals surface area contributed by atoms with Gasteiger partial charge >= 0.3 is 68.5 Å². The fourth-order valence-electron chi connectivity index (χ4n) is 0.530. The number of alkyl halides is 1. The molecular formula is C5H7IN3O-. The van der Waals surface area contributed by atoms with Gasteiger partial charge in [-0.25, -0.2) is 0 Å². The van der Waals surface area contributed by atoms with Crippen molar-refractivity contribution in [2.75, 3.05) is 10.7 Å². The summed E-state index contributed by atoms with van der Waals surface area (Å²) in [4.78, 5) is 16.4. The fourth-order valence-corrected chi connectivity index (χ4v) is 1.53. The average Bonchev–Trinajstić information content (AvgIpc) is 1.88. The van der Waals surface area contributed by atoms with Gasteiger partial charge in [-0.2, -0.15) is 0 Å².